The molecule has 1 aliphatic carbocycles. The second-order valence-corrected chi connectivity index (χ2v) is 5.17. The molecule has 98 valence electrons. The highest BCUT2D eigenvalue weighted by molar-refractivity contribution is 5.69. The third-order valence-electron chi connectivity index (χ3n) is 3.68. The van der Waals surface area contributed by atoms with E-state index >= 15 is 0 Å². The van der Waals surface area contributed by atoms with E-state index in [0.29, 0.717) is 12.6 Å². The van der Waals surface area contributed by atoms with Gasteiger partial charge in [0.25, 0.3) is 0 Å². The molecule has 2 aliphatic rings. The van der Waals surface area contributed by atoms with Gasteiger partial charge in [-0.15, -0.1) is 10.2 Å². The van der Waals surface area contributed by atoms with E-state index in [1.165, 1.54) is 12.8 Å². The van der Waals surface area contributed by atoms with Crippen LogP contribution in [0.3, 0.4) is 0 Å². The molecule has 0 spiro atoms. The lowest BCUT2D eigenvalue weighted by Crippen LogP contribution is -2.32. The van der Waals surface area contributed by atoms with E-state index < -0.39 is 5.97 Å². The lowest BCUT2D eigenvalue weighted by atomic mass is 10.1. The summed E-state index contributed by atoms with van der Waals surface area (Å²) in [6.45, 7) is 1.69. The molecular weight excluding hydrogens is 232 g/mol. The first-order valence-electron chi connectivity index (χ1n) is 6.61. The molecular formula is C12H18N4O2. The zero-order valence-electron chi connectivity index (χ0n) is 10.4. The summed E-state index contributed by atoms with van der Waals surface area (Å²) in [5, 5.41) is 17.4. The van der Waals surface area contributed by atoms with Crippen molar-refractivity contribution in [2.24, 2.45) is 0 Å². The first-order valence-corrected chi connectivity index (χ1v) is 6.61. The number of carboxylic acid groups (broad SMARTS) is 1. The lowest BCUT2D eigenvalue weighted by molar-refractivity contribution is -0.138. The van der Waals surface area contributed by atoms with Gasteiger partial charge in [-0.25, -0.2) is 0 Å². The van der Waals surface area contributed by atoms with Crippen molar-refractivity contribution < 1.29 is 9.90 Å². The van der Waals surface area contributed by atoms with Gasteiger partial charge in [-0.1, -0.05) is 0 Å². The van der Waals surface area contributed by atoms with Crippen molar-refractivity contribution >= 4 is 5.97 Å². The van der Waals surface area contributed by atoms with Crippen LogP contribution in [0, 0.1) is 0 Å². The highest BCUT2D eigenvalue weighted by Gasteiger charge is 2.31. The SMILES string of the molecule is O=C(O)CN(Cc1nnc2n1CCCC2)C1CC1. The van der Waals surface area contributed by atoms with Crippen LogP contribution < -0.4 is 0 Å². The zero-order chi connectivity index (χ0) is 12.5. The molecule has 0 aromatic carbocycles. The summed E-state index contributed by atoms with van der Waals surface area (Å²) in [6.07, 6.45) is 5.55. The number of nitrogens with zero attached hydrogens (tertiary/aromatic N) is 4. The third kappa shape index (κ3) is 2.38. The Morgan fingerprint density at radius 3 is 2.94 bits per heavy atom. The molecule has 0 bridgehead atoms. The smallest absolute Gasteiger partial charge is 0.317 e. The minimum atomic E-state index is -0.764. The molecule has 0 atom stereocenters. The minimum absolute atomic E-state index is 0.104. The topological polar surface area (TPSA) is 71.2 Å². The molecule has 0 amide bonds. The summed E-state index contributed by atoms with van der Waals surface area (Å²) >= 11 is 0. The van der Waals surface area contributed by atoms with Gasteiger partial charge in [0.05, 0.1) is 13.1 Å². The summed E-state index contributed by atoms with van der Waals surface area (Å²) < 4.78 is 2.17. The van der Waals surface area contributed by atoms with Crippen LogP contribution in [-0.4, -0.2) is 43.3 Å². The van der Waals surface area contributed by atoms with Crippen molar-refractivity contribution in [2.75, 3.05) is 6.54 Å². The molecule has 1 aromatic heterocycles. The molecule has 0 saturated heterocycles. The Balaban J connectivity index is 1.73. The van der Waals surface area contributed by atoms with Crippen molar-refractivity contribution in [3.8, 4) is 0 Å². The Kier molecular flexibility index (Phi) is 3.03. The van der Waals surface area contributed by atoms with Gasteiger partial charge in [0.1, 0.15) is 11.6 Å². The molecule has 1 aromatic rings. The van der Waals surface area contributed by atoms with Crippen molar-refractivity contribution in [3.63, 3.8) is 0 Å². The predicted molar refractivity (Wildman–Crippen MR) is 64.0 cm³/mol. The molecule has 6 nitrogen and oxygen atoms in total. The fraction of sp³-hybridized carbons (Fsp3) is 0.750. The molecule has 6 heteroatoms. The Bertz CT molecular complexity index is 453. The highest BCUT2D eigenvalue weighted by Crippen LogP contribution is 2.28. The summed E-state index contributed by atoms with van der Waals surface area (Å²) in [5.74, 6) is 1.22. The molecule has 1 N–H and O–H groups in total. The van der Waals surface area contributed by atoms with Gasteiger partial charge in [-0.05, 0) is 25.7 Å². The van der Waals surface area contributed by atoms with E-state index in [1.54, 1.807) is 0 Å². The van der Waals surface area contributed by atoms with Crippen LogP contribution in [0.15, 0.2) is 0 Å². The maximum absolute atomic E-state index is 10.9. The van der Waals surface area contributed by atoms with Gasteiger partial charge in [-0.2, -0.15) is 0 Å². The van der Waals surface area contributed by atoms with Crippen LogP contribution in [0.4, 0.5) is 0 Å². The van der Waals surface area contributed by atoms with Crippen LogP contribution in [0.2, 0.25) is 0 Å². The number of hydrogen-bond donors (Lipinski definition) is 1. The van der Waals surface area contributed by atoms with Crippen molar-refractivity contribution in [3.05, 3.63) is 11.6 Å². The van der Waals surface area contributed by atoms with Gasteiger partial charge >= 0.3 is 5.97 Å². The lowest BCUT2D eigenvalue weighted by Gasteiger charge is -2.21. The van der Waals surface area contributed by atoms with Crippen LogP contribution >= 0.6 is 0 Å². The second-order valence-electron chi connectivity index (χ2n) is 5.17. The quantitative estimate of drug-likeness (QED) is 0.831. The van der Waals surface area contributed by atoms with E-state index in [-0.39, 0.29) is 6.54 Å². The van der Waals surface area contributed by atoms with Crippen molar-refractivity contribution in [2.45, 2.75) is 51.2 Å². The monoisotopic (exact) mass is 250 g/mol. The van der Waals surface area contributed by atoms with E-state index in [0.717, 1.165) is 37.5 Å². The Morgan fingerprint density at radius 2 is 2.22 bits per heavy atom. The largest absolute Gasteiger partial charge is 0.480 e. The molecule has 1 aliphatic heterocycles. The Morgan fingerprint density at radius 1 is 1.39 bits per heavy atom. The van der Waals surface area contributed by atoms with Crippen LogP contribution in [-0.2, 0) is 24.3 Å². The minimum Gasteiger partial charge on any atom is -0.480 e. The molecule has 2 heterocycles. The normalized spacial score (nSPS) is 18.9. The van der Waals surface area contributed by atoms with E-state index in [1.807, 2.05) is 4.90 Å². The number of aryl methyl sites for hydroxylation is 1. The molecule has 1 fully saturated rings. The summed E-state index contributed by atoms with van der Waals surface area (Å²) in [5.41, 5.74) is 0. The summed E-state index contributed by atoms with van der Waals surface area (Å²) in [7, 11) is 0. The molecule has 0 unspecified atom stereocenters. The van der Waals surface area contributed by atoms with Crippen LogP contribution in [0.25, 0.3) is 0 Å². The Labute approximate surface area is 106 Å². The average Bonchev–Trinajstić information content (AvgIpc) is 3.12. The first-order chi connectivity index (χ1) is 8.74. The number of rotatable bonds is 5. The van der Waals surface area contributed by atoms with Gasteiger partial charge in [0, 0.05) is 19.0 Å². The summed E-state index contributed by atoms with van der Waals surface area (Å²) in [6, 6.07) is 0.428. The van der Waals surface area contributed by atoms with E-state index in [9.17, 15) is 4.79 Å². The number of carboxylic acids is 1. The maximum atomic E-state index is 10.9. The fourth-order valence-corrected chi connectivity index (χ4v) is 2.59. The first kappa shape index (κ1) is 11.6. The van der Waals surface area contributed by atoms with E-state index in [2.05, 4.69) is 14.8 Å². The fourth-order valence-electron chi connectivity index (χ4n) is 2.59. The Hall–Kier alpha value is -1.43. The van der Waals surface area contributed by atoms with Crippen molar-refractivity contribution in [1.29, 1.82) is 0 Å². The molecule has 18 heavy (non-hydrogen) atoms. The standard InChI is InChI=1S/C12H18N4O2/c17-12(18)8-15(9-4-5-9)7-11-14-13-10-3-1-2-6-16(10)11/h9H,1-8H2,(H,17,18). The number of carbonyl (C=O) groups is 1. The maximum Gasteiger partial charge on any atom is 0.317 e. The van der Waals surface area contributed by atoms with Gasteiger partial charge in [0.2, 0.25) is 0 Å². The highest BCUT2D eigenvalue weighted by atomic mass is 16.4. The summed E-state index contributed by atoms with van der Waals surface area (Å²) in [4.78, 5) is 12.9. The molecule has 1 saturated carbocycles. The van der Waals surface area contributed by atoms with Crippen LogP contribution in [0.1, 0.15) is 37.3 Å². The zero-order valence-corrected chi connectivity index (χ0v) is 10.4. The van der Waals surface area contributed by atoms with Gasteiger partial charge < -0.3 is 9.67 Å². The number of fused-ring (bicyclic) bond motifs is 1. The predicted octanol–water partition coefficient (Wildman–Crippen LogP) is 0.663. The second kappa shape index (κ2) is 4.68. The van der Waals surface area contributed by atoms with E-state index in [4.69, 9.17) is 5.11 Å². The molecule has 3 rings (SSSR count). The third-order valence-corrected chi connectivity index (χ3v) is 3.68. The van der Waals surface area contributed by atoms with Crippen LogP contribution in [0.5, 0.6) is 0 Å². The number of aromatic nitrogens is 3. The van der Waals surface area contributed by atoms with Gasteiger partial charge in [0.15, 0.2) is 0 Å². The van der Waals surface area contributed by atoms with Crippen molar-refractivity contribution in [1.82, 2.24) is 19.7 Å². The average molecular weight is 250 g/mol. The number of hydrogen-bond acceptors (Lipinski definition) is 4. The molecule has 0 radical (unpaired) electrons. The van der Waals surface area contributed by atoms with Gasteiger partial charge in [-0.3, -0.25) is 9.69 Å². The number of aliphatic carboxylic acids is 1.